The zero-order valence-corrected chi connectivity index (χ0v) is 14.8. The van der Waals surface area contributed by atoms with Gasteiger partial charge in [-0.25, -0.2) is 0 Å². The molecule has 1 aliphatic heterocycles. The largest absolute Gasteiger partial charge is 0.351 e. The van der Waals surface area contributed by atoms with Gasteiger partial charge in [0.2, 0.25) is 11.9 Å². The summed E-state index contributed by atoms with van der Waals surface area (Å²) in [4.78, 5) is 17.9. The molecule has 0 radical (unpaired) electrons. The van der Waals surface area contributed by atoms with Crippen molar-refractivity contribution in [2.45, 2.75) is 51.5 Å². The van der Waals surface area contributed by atoms with Crippen LogP contribution in [0.5, 0.6) is 0 Å². The molecule has 1 aromatic rings. The second kappa shape index (κ2) is 7.43. The third-order valence-electron chi connectivity index (χ3n) is 5.05. The van der Waals surface area contributed by atoms with Crippen molar-refractivity contribution in [1.29, 1.82) is 0 Å². The van der Waals surface area contributed by atoms with Crippen LogP contribution in [0.4, 0.5) is 11.9 Å². The minimum Gasteiger partial charge on any atom is -0.351 e. The first-order valence-electron chi connectivity index (χ1n) is 8.99. The molecule has 128 valence electrons. The number of anilines is 2. The molecule has 0 spiro atoms. The molecule has 1 saturated carbocycles. The molecule has 2 heterocycles. The van der Waals surface area contributed by atoms with E-state index in [1.807, 2.05) is 25.9 Å². The normalized spacial score (nSPS) is 20.8. The summed E-state index contributed by atoms with van der Waals surface area (Å²) >= 11 is 0. The Hall–Kier alpha value is -1.43. The van der Waals surface area contributed by atoms with E-state index in [4.69, 9.17) is 0 Å². The van der Waals surface area contributed by atoms with Gasteiger partial charge in [0.1, 0.15) is 5.82 Å². The molecule has 1 aromatic heterocycles. The summed E-state index contributed by atoms with van der Waals surface area (Å²) in [6, 6.07) is 0.478. The predicted molar refractivity (Wildman–Crippen MR) is 93.9 cm³/mol. The lowest BCUT2D eigenvalue weighted by Crippen LogP contribution is -2.41. The molecule has 2 aliphatic rings. The standard InChI is InChI=1S/C17H30N6/c1-13-18-16(21-17(19-13)22(2)3)20-15-8-10-23(11-9-15)12-14-6-4-5-7-14/h14-15H,4-12H2,1-3H3,(H,18,19,20,21). The molecule has 0 unspecified atom stereocenters. The first-order valence-corrected chi connectivity index (χ1v) is 8.99. The average molecular weight is 318 g/mol. The van der Waals surface area contributed by atoms with E-state index >= 15 is 0 Å². The van der Waals surface area contributed by atoms with Crippen molar-refractivity contribution in [2.24, 2.45) is 5.92 Å². The van der Waals surface area contributed by atoms with E-state index in [9.17, 15) is 0 Å². The summed E-state index contributed by atoms with van der Waals surface area (Å²) in [5.41, 5.74) is 0. The van der Waals surface area contributed by atoms with Crippen LogP contribution in [0.1, 0.15) is 44.3 Å². The highest BCUT2D eigenvalue weighted by Gasteiger charge is 2.24. The SMILES string of the molecule is Cc1nc(NC2CCN(CC3CCCC3)CC2)nc(N(C)C)n1. The third kappa shape index (κ3) is 4.53. The van der Waals surface area contributed by atoms with Gasteiger partial charge in [-0.2, -0.15) is 15.0 Å². The summed E-state index contributed by atoms with van der Waals surface area (Å²) < 4.78 is 0. The molecule has 6 heteroatoms. The highest BCUT2D eigenvalue weighted by Crippen LogP contribution is 2.26. The predicted octanol–water partition coefficient (Wildman–Crippen LogP) is 2.31. The lowest BCUT2D eigenvalue weighted by molar-refractivity contribution is 0.189. The minimum absolute atomic E-state index is 0.478. The fourth-order valence-electron chi connectivity index (χ4n) is 3.73. The number of likely N-dealkylation sites (tertiary alicyclic amines) is 1. The number of aryl methyl sites for hydroxylation is 1. The Bertz CT molecular complexity index is 504. The molecule has 6 nitrogen and oxygen atoms in total. The van der Waals surface area contributed by atoms with Crippen molar-refractivity contribution >= 4 is 11.9 Å². The first kappa shape index (κ1) is 16.4. The number of rotatable bonds is 5. The maximum atomic E-state index is 4.51. The number of aromatic nitrogens is 3. The highest BCUT2D eigenvalue weighted by molar-refractivity contribution is 5.36. The molecular formula is C17H30N6. The van der Waals surface area contributed by atoms with E-state index in [1.54, 1.807) is 0 Å². The van der Waals surface area contributed by atoms with Gasteiger partial charge in [-0.05, 0) is 38.5 Å². The van der Waals surface area contributed by atoms with Crippen LogP contribution in [0.2, 0.25) is 0 Å². The van der Waals surface area contributed by atoms with Gasteiger partial charge in [0, 0.05) is 39.8 Å². The zero-order valence-electron chi connectivity index (χ0n) is 14.8. The maximum absolute atomic E-state index is 4.51. The lowest BCUT2D eigenvalue weighted by atomic mass is 10.0. The molecule has 0 atom stereocenters. The van der Waals surface area contributed by atoms with Gasteiger partial charge in [-0.15, -0.1) is 0 Å². The lowest BCUT2D eigenvalue weighted by Gasteiger charge is -2.33. The number of nitrogens with zero attached hydrogens (tertiary/aromatic N) is 5. The molecule has 1 aliphatic carbocycles. The second-order valence-corrected chi connectivity index (χ2v) is 7.27. The number of nitrogens with one attached hydrogen (secondary N) is 1. The van der Waals surface area contributed by atoms with Crippen LogP contribution in [-0.2, 0) is 0 Å². The molecule has 1 N–H and O–H groups in total. The minimum atomic E-state index is 0.478. The molecule has 0 amide bonds. The van der Waals surface area contributed by atoms with Gasteiger partial charge in [-0.3, -0.25) is 0 Å². The Morgan fingerprint density at radius 3 is 2.39 bits per heavy atom. The zero-order chi connectivity index (χ0) is 16.2. The van der Waals surface area contributed by atoms with Crippen LogP contribution in [0.3, 0.4) is 0 Å². The number of hydrogen-bond acceptors (Lipinski definition) is 6. The third-order valence-corrected chi connectivity index (χ3v) is 5.05. The fraction of sp³-hybridized carbons (Fsp3) is 0.824. The Labute approximate surface area is 139 Å². The quantitative estimate of drug-likeness (QED) is 0.899. The van der Waals surface area contributed by atoms with Gasteiger partial charge >= 0.3 is 0 Å². The van der Waals surface area contributed by atoms with Crippen molar-refractivity contribution in [2.75, 3.05) is 43.9 Å². The Balaban J connectivity index is 1.50. The average Bonchev–Trinajstić information content (AvgIpc) is 3.01. The van der Waals surface area contributed by atoms with Crippen molar-refractivity contribution < 1.29 is 0 Å². The van der Waals surface area contributed by atoms with E-state index in [2.05, 4.69) is 25.2 Å². The van der Waals surface area contributed by atoms with Crippen molar-refractivity contribution in [3.63, 3.8) is 0 Å². The Kier molecular flexibility index (Phi) is 5.30. The maximum Gasteiger partial charge on any atom is 0.229 e. The van der Waals surface area contributed by atoms with Gasteiger partial charge in [0.25, 0.3) is 0 Å². The van der Waals surface area contributed by atoms with Crippen LogP contribution < -0.4 is 10.2 Å². The van der Waals surface area contributed by atoms with Crippen LogP contribution in [0.15, 0.2) is 0 Å². The van der Waals surface area contributed by atoms with Gasteiger partial charge in [-0.1, -0.05) is 12.8 Å². The molecule has 3 rings (SSSR count). The smallest absolute Gasteiger partial charge is 0.229 e. The van der Waals surface area contributed by atoms with Crippen molar-refractivity contribution in [3.8, 4) is 0 Å². The van der Waals surface area contributed by atoms with E-state index < -0.39 is 0 Å². The van der Waals surface area contributed by atoms with E-state index in [0.29, 0.717) is 6.04 Å². The Morgan fingerprint density at radius 1 is 1.04 bits per heavy atom. The Morgan fingerprint density at radius 2 is 1.74 bits per heavy atom. The molecule has 23 heavy (non-hydrogen) atoms. The molecule has 0 bridgehead atoms. The van der Waals surface area contributed by atoms with Crippen molar-refractivity contribution in [1.82, 2.24) is 19.9 Å². The molecule has 0 aromatic carbocycles. The topological polar surface area (TPSA) is 57.2 Å². The van der Waals surface area contributed by atoms with Gasteiger partial charge < -0.3 is 15.1 Å². The first-order chi connectivity index (χ1) is 11.1. The molecular weight excluding hydrogens is 288 g/mol. The van der Waals surface area contributed by atoms with E-state index in [-0.39, 0.29) is 0 Å². The van der Waals surface area contributed by atoms with Gasteiger partial charge in [0.15, 0.2) is 0 Å². The van der Waals surface area contributed by atoms with Crippen LogP contribution in [0.25, 0.3) is 0 Å². The number of hydrogen-bond donors (Lipinski definition) is 1. The number of piperidine rings is 1. The van der Waals surface area contributed by atoms with Crippen LogP contribution in [-0.4, -0.2) is 59.6 Å². The monoisotopic (exact) mass is 318 g/mol. The summed E-state index contributed by atoms with van der Waals surface area (Å²) in [7, 11) is 3.92. The second-order valence-electron chi connectivity index (χ2n) is 7.27. The summed E-state index contributed by atoms with van der Waals surface area (Å²) in [6.45, 7) is 5.62. The van der Waals surface area contributed by atoms with Crippen molar-refractivity contribution in [3.05, 3.63) is 5.82 Å². The van der Waals surface area contributed by atoms with E-state index in [0.717, 1.165) is 23.6 Å². The fourth-order valence-corrected chi connectivity index (χ4v) is 3.73. The summed E-state index contributed by atoms with van der Waals surface area (Å²) in [6.07, 6.45) is 8.11. The molecule has 1 saturated heterocycles. The van der Waals surface area contributed by atoms with Crippen LogP contribution in [0, 0.1) is 12.8 Å². The van der Waals surface area contributed by atoms with Crippen LogP contribution >= 0.6 is 0 Å². The summed E-state index contributed by atoms with van der Waals surface area (Å²) in [5, 5.41) is 3.52. The van der Waals surface area contributed by atoms with Gasteiger partial charge in [0.05, 0.1) is 0 Å². The molecule has 2 fully saturated rings. The van der Waals surface area contributed by atoms with E-state index in [1.165, 1.54) is 58.2 Å². The highest BCUT2D eigenvalue weighted by atomic mass is 15.3. The summed E-state index contributed by atoms with van der Waals surface area (Å²) in [5.74, 6) is 3.16.